The van der Waals surface area contributed by atoms with Gasteiger partial charge in [-0.3, -0.25) is 9.48 Å². The van der Waals surface area contributed by atoms with Crippen molar-refractivity contribution >= 4 is 5.91 Å². The second-order valence-corrected chi connectivity index (χ2v) is 4.80. The lowest BCUT2D eigenvalue weighted by molar-refractivity contribution is -0.122. The maximum atomic E-state index is 11.9. The number of hydrogen-bond acceptors (Lipinski definition) is 4. The summed E-state index contributed by atoms with van der Waals surface area (Å²) in [6, 6.07) is 7.96. The highest BCUT2D eigenvalue weighted by Gasteiger charge is 2.20. The molecule has 6 heteroatoms. The molecular formula is C14H16N4O2. The van der Waals surface area contributed by atoms with Crippen LogP contribution in [0.3, 0.4) is 0 Å². The molecular weight excluding hydrogens is 256 g/mol. The number of hydrogen-bond donors (Lipinski definition) is 1. The third-order valence-electron chi connectivity index (χ3n) is 3.28. The topological polar surface area (TPSA) is 69.0 Å². The number of rotatable bonds is 4. The first-order valence-corrected chi connectivity index (χ1v) is 6.64. The van der Waals surface area contributed by atoms with Crippen LogP contribution in [-0.2, 0) is 17.8 Å². The Morgan fingerprint density at radius 1 is 1.45 bits per heavy atom. The molecule has 20 heavy (non-hydrogen) atoms. The fourth-order valence-corrected chi connectivity index (χ4v) is 2.28. The highest BCUT2D eigenvalue weighted by molar-refractivity contribution is 5.76. The van der Waals surface area contributed by atoms with Crippen molar-refractivity contribution in [2.75, 3.05) is 6.61 Å². The van der Waals surface area contributed by atoms with Crippen LogP contribution in [0.25, 0.3) is 0 Å². The maximum absolute atomic E-state index is 11.9. The molecule has 1 aromatic heterocycles. The van der Waals surface area contributed by atoms with Crippen molar-refractivity contribution in [1.82, 2.24) is 20.1 Å². The predicted octanol–water partition coefficient (Wildman–Crippen LogP) is 0.788. The van der Waals surface area contributed by atoms with Gasteiger partial charge in [0.25, 0.3) is 0 Å². The molecule has 1 N–H and O–H groups in total. The molecule has 1 atom stereocenters. The molecule has 0 saturated heterocycles. The van der Waals surface area contributed by atoms with Crippen molar-refractivity contribution in [2.24, 2.45) is 0 Å². The Kier molecular flexibility index (Phi) is 3.62. The predicted molar refractivity (Wildman–Crippen MR) is 72.2 cm³/mol. The van der Waals surface area contributed by atoms with E-state index in [9.17, 15) is 4.79 Å². The van der Waals surface area contributed by atoms with Crippen LogP contribution in [0.1, 0.15) is 12.0 Å². The maximum Gasteiger partial charge on any atom is 0.222 e. The Balaban J connectivity index is 1.50. The summed E-state index contributed by atoms with van der Waals surface area (Å²) in [7, 11) is 0. The molecule has 0 aliphatic carbocycles. The van der Waals surface area contributed by atoms with Crippen LogP contribution in [0, 0.1) is 0 Å². The SMILES string of the molecule is O=C(CCn1cncn1)N[C@@H]1COc2ccccc2C1. The summed E-state index contributed by atoms with van der Waals surface area (Å²) in [5, 5.41) is 6.96. The lowest BCUT2D eigenvalue weighted by Crippen LogP contribution is -2.42. The summed E-state index contributed by atoms with van der Waals surface area (Å²) in [6.07, 6.45) is 4.27. The van der Waals surface area contributed by atoms with E-state index >= 15 is 0 Å². The van der Waals surface area contributed by atoms with Gasteiger partial charge in [0.2, 0.25) is 5.91 Å². The highest BCUT2D eigenvalue weighted by Crippen LogP contribution is 2.23. The molecule has 1 aliphatic rings. The van der Waals surface area contributed by atoms with Gasteiger partial charge in [-0.05, 0) is 18.1 Å². The number of aromatic nitrogens is 3. The monoisotopic (exact) mass is 272 g/mol. The van der Waals surface area contributed by atoms with Crippen molar-refractivity contribution in [3.05, 3.63) is 42.5 Å². The largest absolute Gasteiger partial charge is 0.491 e. The Labute approximate surface area is 116 Å². The Morgan fingerprint density at radius 3 is 3.20 bits per heavy atom. The van der Waals surface area contributed by atoms with Gasteiger partial charge in [-0.2, -0.15) is 5.10 Å². The molecule has 0 fully saturated rings. The molecule has 0 radical (unpaired) electrons. The van der Waals surface area contributed by atoms with Crippen molar-refractivity contribution in [3.63, 3.8) is 0 Å². The zero-order valence-electron chi connectivity index (χ0n) is 11.0. The number of carbonyl (C=O) groups excluding carboxylic acids is 1. The Morgan fingerprint density at radius 2 is 2.35 bits per heavy atom. The van der Waals surface area contributed by atoms with E-state index in [2.05, 4.69) is 15.4 Å². The van der Waals surface area contributed by atoms with Gasteiger partial charge in [-0.25, -0.2) is 4.98 Å². The van der Waals surface area contributed by atoms with Crippen molar-refractivity contribution in [3.8, 4) is 5.75 Å². The molecule has 0 unspecified atom stereocenters. The van der Waals surface area contributed by atoms with Gasteiger partial charge in [0.15, 0.2) is 0 Å². The number of aryl methyl sites for hydroxylation is 1. The smallest absolute Gasteiger partial charge is 0.222 e. The molecule has 3 rings (SSSR count). The van der Waals surface area contributed by atoms with Crippen LogP contribution in [-0.4, -0.2) is 33.3 Å². The quantitative estimate of drug-likeness (QED) is 0.893. The summed E-state index contributed by atoms with van der Waals surface area (Å²) >= 11 is 0. The third-order valence-corrected chi connectivity index (χ3v) is 3.28. The first-order valence-electron chi connectivity index (χ1n) is 6.64. The summed E-state index contributed by atoms with van der Waals surface area (Å²) in [6.45, 7) is 1.06. The lowest BCUT2D eigenvalue weighted by Gasteiger charge is -2.26. The third kappa shape index (κ3) is 2.96. The van der Waals surface area contributed by atoms with Gasteiger partial charge in [0.1, 0.15) is 25.0 Å². The molecule has 1 aromatic carbocycles. The van der Waals surface area contributed by atoms with Crippen LogP contribution in [0.2, 0.25) is 0 Å². The molecule has 1 aliphatic heterocycles. The normalized spacial score (nSPS) is 17.1. The van der Waals surface area contributed by atoms with E-state index < -0.39 is 0 Å². The number of benzene rings is 1. The Hall–Kier alpha value is -2.37. The van der Waals surface area contributed by atoms with E-state index in [-0.39, 0.29) is 11.9 Å². The second-order valence-electron chi connectivity index (χ2n) is 4.80. The van der Waals surface area contributed by atoms with Crippen LogP contribution < -0.4 is 10.1 Å². The minimum absolute atomic E-state index is 0.00785. The second kappa shape index (κ2) is 5.73. The Bertz CT molecular complexity index is 583. The zero-order valence-corrected chi connectivity index (χ0v) is 11.0. The number of fused-ring (bicyclic) bond motifs is 1. The average molecular weight is 272 g/mol. The van der Waals surface area contributed by atoms with E-state index in [4.69, 9.17) is 4.74 Å². The highest BCUT2D eigenvalue weighted by atomic mass is 16.5. The fourth-order valence-electron chi connectivity index (χ4n) is 2.28. The van der Waals surface area contributed by atoms with Crippen LogP contribution in [0.4, 0.5) is 0 Å². The fraction of sp³-hybridized carbons (Fsp3) is 0.357. The molecule has 2 heterocycles. The molecule has 1 amide bonds. The van der Waals surface area contributed by atoms with Crippen LogP contribution >= 0.6 is 0 Å². The number of carbonyl (C=O) groups is 1. The van der Waals surface area contributed by atoms with E-state index in [1.54, 1.807) is 11.0 Å². The molecule has 0 saturated carbocycles. The van der Waals surface area contributed by atoms with E-state index in [1.165, 1.54) is 6.33 Å². The van der Waals surface area contributed by atoms with Gasteiger partial charge in [-0.1, -0.05) is 18.2 Å². The number of nitrogens with zero attached hydrogens (tertiary/aromatic N) is 3. The first kappa shape index (κ1) is 12.7. The summed E-state index contributed by atoms with van der Waals surface area (Å²) < 4.78 is 7.29. The van der Waals surface area contributed by atoms with Gasteiger partial charge < -0.3 is 10.1 Å². The first-order chi connectivity index (χ1) is 9.81. The summed E-state index contributed by atoms with van der Waals surface area (Å²) in [4.78, 5) is 15.7. The standard InChI is InChI=1S/C14H16N4O2/c19-14(5-6-18-10-15-9-16-18)17-12-7-11-3-1-2-4-13(11)20-8-12/h1-4,9-10,12H,5-8H2,(H,17,19)/t12-/m0/s1. The van der Waals surface area contributed by atoms with E-state index in [1.807, 2.05) is 24.3 Å². The van der Waals surface area contributed by atoms with Gasteiger partial charge in [0.05, 0.1) is 12.6 Å². The minimum Gasteiger partial charge on any atom is -0.491 e. The summed E-state index contributed by atoms with van der Waals surface area (Å²) in [5.41, 5.74) is 1.14. The van der Waals surface area contributed by atoms with Crippen molar-refractivity contribution in [2.45, 2.75) is 25.4 Å². The van der Waals surface area contributed by atoms with Crippen molar-refractivity contribution < 1.29 is 9.53 Å². The van der Waals surface area contributed by atoms with Gasteiger partial charge in [-0.15, -0.1) is 0 Å². The summed E-state index contributed by atoms with van der Waals surface area (Å²) in [5.74, 6) is 0.925. The molecule has 0 bridgehead atoms. The number of ether oxygens (including phenoxy) is 1. The number of para-hydroxylation sites is 1. The van der Waals surface area contributed by atoms with Crippen molar-refractivity contribution in [1.29, 1.82) is 0 Å². The molecule has 6 nitrogen and oxygen atoms in total. The van der Waals surface area contributed by atoms with Crippen LogP contribution in [0.15, 0.2) is 36.9 Å². The van der Waals surface area contributed by atoms with Gasteiger partial charge >= 0.3 is 0 Å². The van der Waals surface area contributed by atoms with Gasteiger partial charge in [0, 0.05) is 6.42 Å². The molecule has 0 spiro atoms. The number of amides is 1. The average Bonchev–Trinajstić information content (AvgIpc) is 2.98. The van der Waals surface area contributed by atoms with E-state index in [0.29, 0.717) is 19.6 Å². The van der Waals surface area contributed by atoms with E-state index in [0.717, 1.165) is 17.7 Å². The zero-order chi connectivity index (χ0) is 13.8. The van der Waals surface area contributed by atoms with Crippen LogP contribution in [0.5, 0.6) is 5.75 Å². The molecule has 104 valence electrons. The number of nitrogens with one attached hydrogen (secondary N) is 1. The minimum atomic E-state index is 0.00785. The molecule has 2 aromatic rings. The lowest BCUT2D eigenvalue weighted by atomic mass is 10.0.